The first-order valence-corrected chi connectivity index (χ1v) is 6.28. The van der Waals surface area contributed by atoms with E-state index in [1.807, 2.05) is 31.3 Å². The maximum atomic E-state index is 11.1. The van der Waals surface area contributed by atoms with Crippen LogP contribution in [0.2, 0.25) is 0 Å². The molecule has 3 rings (SSSR count). The molecule has 1 unspecified atom stereocenters. The Bertz CT molecular complexity index is 660. The van der Waals surface area contributed by atoms with Gasteiger partial charge in [-0.05, 0) is 31.1 Å². The normalized spacial score (nSPS) is 19.5. The van der Waals surface area contributed by atoms with E-state index in [0.29, 0.717) is 6.54 Å². The van der Waals surface area contributed by atoms with E-state index in [4.69, 9.17) is 5.11 Å². The molecule has 0 saturated heterocycles. The van der Waals surface area contributed by atoms with E-state index in [9.17, 15) is 4.79 Å². The number of aromatic nitrogens is 2. The number of pyridine rings is 1. The number of nitrogens with zero attached hydrogens (tertiary/aromatic N) is 2. The number of carbonyl (C=O) groups is 1. The molecule has 19 heavy (non-hydrogen) atoms. The van der Waals surface area contributed by atoms with E-state index in [1.54, 1.807) is 6.20 Å². The topological polar surface area (TPSA) is 69.2 Å². The van der Waals surface area contributed by atoms with Crippen LogP contribution in [-0.2, 0) is 0 Å². The second-order valence-electron chi connectivity index (χ2n) is 4.82. The summed E-state index contributed by atoms with van der Waals surface area (Å²) >= 11 is 0. The van der Waals surface area contributed by atoms with Crippen LogP contribution in [0.1, 0.15) is 18.9 Å². The minimum absolute atomic E-state index is 0.000813. The van der Waals surface area contributed by atoms with Crippen LogP contribution in [0.5, 0.6) is 0 Å². The molecule has 1 atom stereocenters. The number of amides is 1. The second kappa shape index (κ2) is 4.42. The van der Waals surface area contributed by atoms with Crippen molar-refractivity contribution in [1.82, 2.24) is 14.9 Å². The Morgan fingerprint density at radius 2 is 2.42 bits per heavy atom. The van der Waals surface area contributed by atoms with Crippen molar-refractivity contribution in [2.45, 2.75) is 19.4 Å². The highest BCUT2D eigenvalue weighted by atomic mass is 16.4. The molecule has 1 aliphatic heterocycles. The van der Waals surface area contributed by atoms with Gasteiger partial charge in [-0.3, -0.25) is 0 Å². The molecule has 3 heterocycles. The van der Waals surface area contributed by atoms with Crippen LogP contribution < -0.4 is 0 Å². The molecule has 0 aliphatic carbocycles. The molecular formula is C14H15N3O2. The monoisotopic (exact) mass is 257 g/mol. The number of H-pyrrole nitrogens is 1. The zero-order chi connectivity index (χ0) is 13.4. The maximum absolute atomic E-state index is 11.1. The summed E-state index contributed by atoms with van der Waals surface area (Å²) < 4.78 is 0. The predicted molar refractivity (Wildman–Crippen MR) is 72.9 cm³/mol. The highest BCUT2D eigenvalue weighted by Crippen LogP contribution is 2.30. The van der Waals surface area contributed by atoms with Crippen LogP contribution in [0.4, 0.5) is 4.79 Å². The van der Waals surface area contributed by atoms with Gasteiger partial charge in [0.25, 0.3) is 0 Å². The minimum atomic E-state index is -0.858. The molecule has 0 aromatic carbocycles. The lowest BCUT2D eigenvalue weighted by Gasteiger charge is -2.30. The Hall–Kier alpha value is -2.30. The number of hydrogen-bond donors (Lipinski definition) is 2. The summed E-state index contributed by atoms with van der Waals surface area (Å²) in [6.45, 7) is 2.38. The first-order chi connectivity index (χ1) is 9.16. The summed E-state index contributed by atoms with van der Waals surface area (Å²) in [6.07, 6.45) is 5.57. The van der Waals surface area contributed by atoms with Crippen molar-refractivity contribution in [2.75, 3.05) is 6.54 Å². The van der Waals surface area contributed by atoms with Gasteiger partial charge in [0.1, 0.15) is 5.65 Å². The van der Waals surface area contributed by atoms with E-state index >= 15 is 0 Å². The Labute approximate surface area is 110 Å². The molecule has 0 radical (unpaired) electrons. The van der Waals surface area contributed by atoms with Gasteiger partial charge in [0, 0.05) is 35.9 Å². The standard InChI is InChI=1S/C14H15N3O2/c1-9-7-10(4-6-17(9)14(18)19)12-8-16-13-11(12)3-2-5-15-13/h2-5,8-9H,6-7H2,1H3,(H,15,16)(H,18,19). The largest absolute Gasteiger partial charge is 0.465 e. The number of fused-ring (bicyclic) bond motifs is 1. The van der Waals surface area contributed by atoms with Gasteiger partial charge in [0.15, 0.2) is 0 Å². The lowest BCUT2D eigenvalue weighted by molar-refractivity contribution is 0.133. The van der Waals surface area contributed by atoms with Crippen molar-refractivity contribution in [3.05, 3.63) is 36.2 Å². The molecule has 2 aromatic heterocycles. The first-order valence-electron chi connectivity index (χ1n) is 6.28. The average molecular weight is 257 g/mol. The van der Waals surface area contributed by atoms with Gasteiger partial charge in [-0.15, -0.1) is 0 Å². The number of carboxylic acid groups (broad SMARTS) is 1. The molecule has 2 aromatic rings. The Morgan fingerprint density at radius 3 is 3.16 bits per heavy atom. The van der Waals surface area contributed by atoms with Gasteiger partial charge in [-0.25, -0.2) is 9.78 Å². The Morgan fingerprint density at radius 1 is 1.58 bits per heavy atom. The van der Waals surface area contributed by atoms with Crippen molar-refractivity contribution >= 4 is 22.7 Å². The molecule has 5 nitrogen and oxygen atoms in total. The summed E-state index contributed by atoms with van der Waals surface area (Å²) in [6, 6.07) is 3.94. The first kappa shape index (κ1) is 11.8. The van der Waals surface area contributed by atoms with Crippen molar-refractivity contribution in [3.63, 3.8) is 0 Å². The average Bonchev–Trinajstić information content (AvgIpc) is 2.82. The molecule has 1 aliphatic rings. The zero-order valence-electron chi connectivity index (χ0n) is 10.6. The Kier molecular flexibility index (Phi) is 2.74. The van der Waals surface area contributed by atoms with Crippen LogP contribution in [0, 0.1) is 0 Å². The van der Waals surface area contributed by atoms with Crippen LogP contribution in [-0.4, -0.2) is 38.7 Å². The van der Waals surface area contributed by atoms with Gasteiger partial charge < -0.3 is 15.0 Å². The number of rotatable bonds is 1. The van der Waals surface area contributed by atoms with Gasteiger partial charge in [0.05, 0.1) is 0 Å². The van der Waals surface area contributed by atoms with Crippen molar-refractivity contribution in [1.29, 1.82) is 0 Å². The third-order valence-corrected chi connectivity index (χ3v) is 3.62. The highest BCUT2D eigenvalue weighted by molar-refractivity contribution is 5.91. The molecule has 0 bridgehead atoms. The molecular weight excluding hydrogens is 242 g/mol. The van der Waals surface area contributed by atoms with E-state index in [-0.39, 0.29) is 6.04 Å². The fourth-order valence-corrected chi connectivity index (χ4v) is 2.61. The van der Waals surface area contributed by atoms with Gasteiger partial charge in [0.2, 0.25) is 0 Å². The number of hydrogen-bond acceptors (Lipinski definition) is 2. The minimum Gasteiger partial charge on any atom is -0.465 e. The summed E-state index contributed by atoms with van der Waals surface area (Å²) in [7, 11) is 0. The SMILES string of the molecule is CC1CC(c2c[nH]c3ncccc23)=CCN1C(=O)O. The molecule has 1 amide bonds. The zero-order valence-corrected chi connectivity index (χ0v) is 10.6. The molecule has 2 N–H and O–H groups in total. The van der Waals surface area contributed by atoms with E-state index < -0.39 is 6.09 Å². The van der Waals surface area contributed by atoms with Crippen LogP contribution >= 0.6 is 0 Å². The van der Waals surface area contributed by atoms with E-state index in [2.05, 4.69) is 9.97 Å². The Balaban J connectivity index is 1.97. The molecule has 0 fully saturated rings. The number of nitrogens with one attached hydrogen (secondary N) is 1. The molecule has 0 saturated carbocycles. The fourth-order valence-electron chi connectivity index (χ4n) is 2.61. The predicted octanol–water partition coefficient (Wildman–Crippen LogP) is 2.72. The quantitative estimate of drug-likeness (QED) is 0.825. The van der Waals surface area contributed by atoms with Crippen molar-refractivity contribution in [3.8, 4) is 0 Å². The van der Waals surface area contributed by atoms with Gasteiger partial charge >= 0.3 is 6.09 Å². The number of aromatic amines is 1. The maximum Gasteiger partial charge on any atom is 0.407 e. The van der Waals surface area contributed by atoms with E-state index in [0.717, 1.165) is 23.0 Å². The van der Waals surface area contributed by atoms with Crippen LogP contribution in [0.3, 0.4) is 0 Å². The molecule has 98 valence electrons. The second-order valence-corrected chi connectivity index (χ2v) is 4.82. The lowest BCUT2D eigenvalue weighted by Crippen LogP contribution is -2.40. The van der Waals surface area contributed by atoms with Gasteiger partial charge in [-0.2, -0.15) is 0 Å². The summed E-state index contributed by atoms with van der Waals surface area (Å²) in [5, 5.41) is 10.2. The smallest absolute Gasteiger partial charge is 0.407 e. The summed E-state index contributed by atoms with van der Waals surface area (Å²) in [4.78, 5) is 19.9. The van der Waals surface area contributed by atoms with Gasteiger partial charge in [-0.1, -0.05) is 6.08 Å². The highest BCUT2D eigenvalue weighted by Gasteiger charge is 2.24. The van der Waals surface area contributed by atoms with Crippen LogP contribution in [0.15, 0.2) is 30.6 Å². The molecule has 5 heteroatoms. The van der Waals surface area contributed by atoms with Crippen molar-refractivity contribution in [2.24, 2.45) is 0 Å². The third-order valence-electron chi connectivity index (χ3n) is 3.62. The summed E-state index contributed by atoms with van der Waals surface area (Å²) in [5.41, 5.74) is 3.18. The van der Waals surface area contributed by atoms with Crippen LogP contribution in [0.25, 0.3) is 16.6 Å². The third kappa shape index (κ3) is 1.97. The molecule has 0 spiro atoms. The van der Waals surface area contributed by atoms with Crippen molar-refractivity contribution < 1.29 is 9.90 Å². The van der Waals surface area contributed by atoms with E-state index in [1.165, 1.54) is 10.5 Å². The summed E-state index contributed by atoms with van der Waals surface area (Å²) in [5.74, 6) is 0. The lowest BCUT2D eigenvalue weighted by atomic mass is 9.95. The fraction of sp³-hybridized carbons (Fsp3) is 0.286.